The number of hydrogen-bond acceptors (Lipinski definition) is 3. The fourth-order valence-electron chi connectivity index (χ4n) is 1.30. The number of hydrogen-bond donors (Lipinski definition) is 1. The third-order valence-corrected chi connectivity index (χ3v) is 2.66. The second-order valence-corrected chi connectivity index (χ2v) is 3.77. The first-order valence-electron chi connectivity index (χ1n) is 4.89. The van der Waals surface area contributed by atoms with Crippen molar-refractivity contribution >= 4 is 23.3 Å². The molecule has 86 valence electrons. The van der Waals surface area contributed by atoms with Gasteiger partial charge >= 0.3 is 5.97 Å². The SMILES string of the molecule is C=CCOC(=O)C(C)c1cccc(N)c1Cl. The molecule has 1 atom stereocenters. The van der Waals surface area contributed by atoms with Crippen molar-refractivity contribution in [3.05, 3.63) is 41.4 Å². The summed E-state index contributed by atoms with van der Waals surface area (Å²) in [5.41, 5.74) is 6.80. The molecule has 0 saturated carbocycles. The first-order chi connectivity index (χ1) is 7.57. The van der Waals surface area contributed by atoms with Gasteiger partial charge in [-0.1, -0.05) is 36.4 Å². The number of esters is 1. The molecule has 0 spiro atoms. The van der Waals surface area contributed by atoms with Gasteiger partial charge in [0.25, 0.3) is 0 Å². The largest absolute Gasteiger partial charge is 0.461 e. The van der Waals surface area contributed by atoms with Crippen LogP contribution in [0.5, 0.6) is 0 Å². The fourth-order valence-corrected chi connectivity index (χ4v) is 1.59. The zero-order chi connectivity index (χ0) is 12.1. The molecule has 0 amide bonds. The van der Waals surface area contributed by atoms with Crippen LogP contribution in [0, 0.1) is 0 Å². The Kier molecular flexibility index (Phi) is 4.38. The van der Waals surface area contributed by atoms with Crippen LogP contribution in [0.4, 0.5) is 5.69 Å². The fraction of sp³-hybridized carbons (Fsp3) is 0.250. The van der Waals surface area contributed by atoms with Crippen LogP contribution in [0.3, 0.4) is 0 Å². The van der Waals surface area contributed by atoms with Crippen molar-refractivity contribution in [2.45, 2.75) is 12.8 Å². The minimum Gasteiger partial charge on any atom is -0.461 e. The van der Waals surface area contributed by atoms with E-state index in [1.54, 1.807) is 25.1 Å². The van der Waals surface area contributed by atoms with Crippen molar-refractivity contribution in [2.24, 2.45) is 0 Å². The normalized spacial score (nSPS) is 11.9. The molecule has 1 rings (SSSR count). The van der Waals surface area contributed by atoms with E-state index in [2.05, 4.69) is 6.58 Å². The van der Waals surface area contributed by atoms with E-state index in [1.165, 1.54) is 6.08 Å². The Morgan fingerprint density at radius 1 is 1.69 bits per heavy atom. The molecule has 3 nitrogen and oxygen atoms in total. The van der Waals surface area contributed by atoms with Crippen molar-refractivity contribution in [1.82, 2.24) is 0 Å². The summed E-state index contributed by atoms with van der Waals surface area (Å²) >= 11 is 6.01. The number of nitrogen functional groups attached to an aromatic ring is 1. The van der Waals surface area contributed by atoms with Crippen LogP contribution in [0.2, 0.25) is 5.02 Å². The van der Waals surface area contributed by atoms with E-state index in [0.29, 0.717) is 16.3 Å². The molecule has 0 radical (unpaired) electrons. The number of anilines is 1. The first kappa shape index (κ1) is 12.6. The van der Waals surface area contributed by atoms with Crippen LogP contribution in [-0.2, 0) is 9.53 Å². The second-order valence-electron chi connectivity index (χ2n) is 3.39. The summed E-state index contributed by atoms with van der Waals surface area (Å²) in [4.78, 5) is 11.6. The van der Waals surface area contributed by atoms with Gasteiger partial charge in [0.1, 0.15) is 6.61 Å². The van der Waals surface area contributed by atoms with Gasteiger partial charge in [-0.25, -0.2) is 0 Å². The molecule has 0 aliphatic carbocycles. The zero-order valence-electron chi connectivity index (χ0n) is 9.07. The number of nitrogens with two attached hydrogens (primary N) is 1. The molecular weight excluding hydrogens is 226 g/mol. The molecule has 0 aromatic heterocycles. The van der Waals surface area contributed by atoms with Crippen molar-refractivity contribution < 1.29 is 9.53 Å². The number of ether oxygens (including phenoxy) is 1. The number of carbonyl (C=O) groups excluding carboxylic acids is 1. The Balaban J connectivity index is 2.87. The highest BCUT2D eigenvalue weighted by molar-refractivity contribution is 6.34. The monoisotopic (exact) mass is 239 g/mol. The molecular formula is C12H14ClNO2. The Bertz CT molecular complexity index is 404. The first-order valence-corrected chi connectivity index (χ1v) is 5.27. The molecule has 1 aromatic rings. The number of halogens is 1. The van der Waals surface area contributed by atoms with Crippen LogP contribution in [-0.4, -0.2) is 12.6 Å². The lowest BCUT2D eigenvalue weighted by Crippen LogP contribution is -2.14. The number of rotatable bonds is 4. The lowest BCUT2D eigenvalue weighted by atomic mass is 10.0. The highest BCUT2D eigenvalue weighted by atomic mass is 35.5. The lowest BCUT2D eigenvalue weighted by Gasteiger charge is -2.13. The quantitative estimate of drug-likeness (QED) is 0.499. The summed E-state index contributed by atoms with van der Waals surface area (Å²) in [6, 6.07) is 5.21. The van der Waals surface area contributed by atoms with Crippen molar-refractivity contribution in [3.63, 3.8) is 0 Å². The average molecular weight is 240 g/mol. The third kappa shape index (κ3) is 2.76. The van der Waals surface area contributed by atoms with E-state index in [4.69, 9.17) is 22.1 Å². The van der Waals surface area contributed by atoms with Gasteiger partial charge in [-0.05, 0) is 18.6 Å². The van der Waals surface area contributed by atoms with Gasteiger partial charge in [0.05, 0.1) is 16.6 Å². The van der Waals surface area contributed by atoms with Crippen LogP contribution < -0.4 is 5.73 Å². The molecule has 0 fully saturated rings. The molecule has 0 saturated heterocycles. The van der Waals surface area contributed by atoms with Gasteiger partial charge < -0.3 is 10.5 Å². The maximum Gasteiger partial charge on any atom is 0.313 e. The summed E-state index contributed by atoms with van der Waals surface area (Å²) in [6.45, 7) is 5.40. The van der Waals surface area contributed by atoms with Gasteiger partial charge in [0.2, 0.25) is 0 Å². The van der Waals surface area contributed by atoms with Gasteiger partial charge in [0.15, 0.2) is 0 Å². The average Bonchev–Trinajstić information content (AvgIpc) is 2.28. The summed E-state index contributed by atoms with van der Waals surface area (Å²) in [5, 5.41) is 0.408. The predicted octanol–water partition coefficient (Wildman–Crippen LogP) is 2.75. The molecule has 0 aliphatic heterocycles. The highest BCUT2D eigenvalue weighted by Crippen LogP contribution is 2.29. The highest BCUT2D eigenvalue weighted by Gasteiger charge is 2.19. The molecule has 16 heavy (non-hydrogen) atoms. The standard InChI is InChI=1S/C12H14ClNO2/c1-3-7-16-12(15)8(2)9-5-4-6-10(14)11(9)13/h3-6,8H,1,7,14H2,2H3. The van der Waals surface area contributed by atoms with Gasteiger partial charge in [-0.15, -0.1) is 0 Å². The molecule has 0 heterocycles. The van der Waals surface area contributed by atoms with Crippen molar-refractivity contribution in [1.29, 1.82) is 0 Å². The van der Waals surface area contributed by atoms with Crippen molar-refractivity contribution in [3.8, 4) is 0 Å². The van der Waals surface area contributed by atoms with Crippen molar-refractivity contribution in [2.75, 3.05) is 12.3 Å². The van der Waals surface area contributed by atoms with Crippen LogP contribution in [0.25, 0.3) is 0 Å². The summed E-state index contributed by atoms with van der Waals surface area (Å²) in [6.07, 6.45) is 1.52. The van der Waals surface area contributed by atoms with E-state index in [0.717, 1.165) is 0 Å². The maximum atomic E-state index is 11.6. The van der Waals surface area contributed by atoms with Crippen LogP contribution in [0.15, 0.2) is 30.9 Å². The third-order valence-electron chi connectivity index (χ3n) is 2.22. The van der Waals surface area contributed by atoms with Gasteiger partial charge in [0, 0.05) is 0 Å². The lowest BCUT2D eigenvalue weighted by molar-refractivity contribution is -0.143. The molecule has 2 N–H and O–H groups in total. The van der Waals surface area contributed by atoms with E-state index in [-0.39, 0.29) is 12.6 Å². The Labute approximate surface area is 99.8 Å². The molecule has 1 unspecified atom stereocenters. The zero-order valence-corrected chi connectivity index (χ0v) is 9.83. The van der Waals surface area contributed by atoms with E-state index in [1.807, 2.05) is 0 Å². The number of carbonyl (C=O) groups is 1. The summed E-state index contributed by atoms with van der Waals surface area (Å²) in [5.74, 6) is -0.775. The van der Waals surface area contributed by atoms with Gasteiger partial charge in [-0.2, -0.15) is 0 Å². The molecule has 0 bridgehead atoms. The topological polar surface area (TPSA) is 52.3 Å². The van der Waals surface area contributed by atoms with Gasteiger partial charge in [-0.3, -0.25) is 4.79 Å². The summed E-state index contributed by atoms with van der Waals surface area (Å²) < 4.78 is 4.95. The minimum absolute atomic E-state index is 0.198. The summed E-state index contributed by atoms with van der Waals surface area (Å²) in [7, 11) is 0. The van der Waals surface area contributed by atoms with Crippen LogP contribution >= 0.6 is 11.6 Å². The van der Waals surface area contributed by atoms with E-state index < -0.39 is 5.92 Å². The Hall–Kier alpha value is -1.48. The molecule has 4 heteroatoms. The Morgan fingerprint density at radius 3 is 3.00 bits per heavy atom. The van der Waals surface area contributed by atoms with Crippen LogP contribution in [0.1, 0.15) is 18.4 Å². The predicted molar refractivity (Wildman–Crippen MR) is 65.4 cm³/mol. The van der Waals surface area contributed by atoms with E-state index >= 15 is 0 Å². The Morgan fingerprint density at radius 2 is 2.38 bits per heavy atom. The maximum absolute atomic E-state index is 11.6. The molecule has 1 aromatic carbocycles. The second kappa shape index (κ2) is 5.56. The number of benzene rings is 1. The minimum atomic E-state index is -0.434. The van der Waals surface area contributed by atoms with E-state index in [9.17, 15) is 4.79 Å². The molecule has 0 aliphatic rings. The smallest absolute Gasteiger partial charge is 0.313 e.